The van der Waals surface area contributed by atoms with E-state index in [-0.39, 0.29) is 19.1 Å². The molecule has 3 amide bonds. The van der Waals surface area contributed by atoms with Crippen LogP contribution in [0.25, 0.3) is 0 Å². The lowest BCUT2D eigenvalue weighted by molar-refractivity contribution is -0.131. The van der Waals surface area contributed by atoms with Gasteiger partial charge in [-0.3, -0.25) is 24.8 Å². The van der Waals surface area contributed by atoms with E-state index in [4.69, 9.17) is 4.74 Å². The van der Waals surface area contributed by atoms with Crippen LogP contribution < -0.4 is 10.2 Å². The number of nitrogens with one attached hydrogen (secondary N) is 1. The van der Waals surface area contributed by atoms with Crippen LogP contribution in [0.15, 0.2) is 84.0 Å². The minimum Gasteiger partial charge on any atom is -0.445 e. The highest BCUT2D eigenvalue weighted by Crippen LogP contribution is 2.28. The minimum atomic E-state index is -1.32. The molecule has 1 N–H and O–H groups in total. The van der Waals surface area contributed by atoms with Gasteiger partial charge in [0.2, 0.25) is 12.1 Å². The molecule has 1 aliphatic rings. The van der Waals surface area contributed by atoms with Gasteiger partial charge in [-0.05, 0) is 37.6 Å². The number of aliphatic imine (C=N–C) groups is 1. The molecule has 4 rings (SSSR count). The number of benzene rings is 2. The summed E-state index contributed by atoms with van der Waals surface area (Å²) in [5.74, 6) is -0.754. The number of rotatable bonds is 8. The minimum absolute atomic E-state index is 0.0365. The number of para-hydroxylation sites is 1. The zero-order valence-electron chi connectivity index (χ0n) is 20.8. The number of amides is 3. The second-order valence-electron chi connectivity index (χ2n) is 8.31. The van der Waals surface area contributed by atoms with Gasteiger partial charge in [-0.25, -0.2) is 9.79 Å². The van der Waals surface area contributed by atoms with Crippen molar-refractivity contribution in [1.82, 2.24) is 15.2 Å². The number of likely N-dealkylation sites (N-methyl/N-ethyl adjacent to an activating group) is 1. The average Bonchev–Trinajstić information content (AvgIpc) is 3.04. The molecule has 0 bridgehead atoms. The Morgan fingerprint density at radius 2 is 1.68 bits per heavy atom. The van der Waals surface area contributed by atoms with Gasteiger partial charge in [0.1, 0.15) is 13.2 Å². The number of hydrogen-bond donors (Lipinski definition) is 1. The van der Waals surface area contributed by atoms with Crippen LogP contribution in [0, 0.1) is 0 Å². The maximum atomic E-state index is 13.8. The third-order valence-corrected chi connectivity index (χ3v) is 5.99. The number of alkyl carbamates (subject to hydrolysis) is 1. The number of nitrogens with zero attached hydrogens (tertiary/aromatic N) is 4. The van der Waals surface area contributed by atoms with Crippen molar-refractivity contribution < 1.29 is 19.1 Å². The highest BCUT2D eigenvalue weighted by molar-refractivity contribution is 6.20. The fraction of sp³-hybridized carbons (Fsp3) is 0.250. The molecule has 2 heterocycles. The summed E-state index contributed by atoms with van der Waals surface area (Å²) in [6.45, 7) is 4.64. The van der Waals surface area contributed by atoms with Crippen molar-refractivity contribution in [3.63, 3.8) is 0 Å². The highest BCUT2D eigenvalue weighted by atomic mass is 16.5. The maximum absolute atomic E-state index is 13.8. The quantitative estimate of drug-likeness (QED) is 0.512. The predicted molar refractivity (Wildman–Crippen MR) is 140 cm³/mol. The molecule has 1 atom stereocenters. The third-order valence-electron chi connectivity index (χ3n) is 5.99. The normalized spacial score (nSPS) is 14.8. The van der Waals surface area contributed by atoms with Crippen molar-refractivity contribution in [2.75, 3.05) is 24.5 Å². The van der Waals surface area contributed by atoms with E-state index in [9.17, 15) is 14.4 Å². The molecule has 9 heteroatoms. The summed E-state index contributed by atoms with van der Waals surface area (Å²) in [5.41, 5.74) is 2.91. The molecule has 0 fully saturated rings. The lowest BCUT2D eigenvalue weighted by atomic mass is 10.0. The molecule has 9 nitrogen and oxygen atoms in total. The van der Waals surface area contributed by atoms with Crippen LogP contribution in [0.3, 0.4) is 0 Å². The van der Waals surface area contributed by atoms with E-state index in [2.05, 4.69) is 15.3 Å². The van der Waals surface area contributed by atoms with Gasteiger partial charge in [0, 0.05) is 24.8 Å². The monoisotopic (exact) mass is 499 g/mol. The molecule has 1 unspecified atom stereocenters. The number of aromatic nitrogens is 1. The van der Waals surface area contributed by atoms with Crippen LogP contribution in [-0.4, -0.2) is 59.3 Å². The molecule has 3 aromatic rings. The van der Waals surface area contributed by atoms with Gasteiger partial charge in [0.15, 0.2) is 0 Å². The number of pyridine rings is 1. The number of fused-ring (bicyclic) bond motifs is 1. The van der Waals surface area contributed by atoms with E-state index in [1.54, 1.807) is 35.4 Å². The van der Waals surface area contributed by atoms with Crippen LogP contribution in [-0.2, 0) is 20.9 Å². The molecular formula is C28H29N5O4. The summed E-state index contributed by atoms with van der Waals surface area (Å²) in [6, 6.07) is 21.8. The van der Waals surface area contributed by atoms with Gasteiger partial charge in [0.25, 0.3) is 5.91 Å². The zero-order valence-corrected chi connectivity index (χ0v) is 20.8. The summed E-state index contributed by atoms with van der Waals surface area (Å²) in [6.07, 6.45) is -0.490. The van der Waals surface area contributed by atoms with Crippen LogP contribution in [0.2, 0.25) is 0 Å². The Balaban J connectivity index is 1.69. The van der Waals surface area contributed by atoms with Crippen molar-refractivity contribution in [1.29, 1.82) is 0 Å². The summed E-state index contributed by atoms with van der Waals surface area (Å²) in [7, 11) is 0. The van der Waals surface area contributed by atoms with Crippen LogP contribution in [0.5, 0.6) is 0 Å². The molecule has 0 saturated carbocycles. The second-order valence-corrected chi connectivity index (χ2v) is 8.31. The number of benzodiazepines with no additional fused rings is 1. The Bertz CT molecular complexity index is 1280. The summed E-state index contributed by atoms with van der Waals surface area (Å²) in [4.78, 5) is 51.6. The Hall–Kier alpha value is -4.53. The molecule has 2 aromatic carbocycles. The van der Waals surface area contributed by atoms with Crippen molar-refractivity contribution in [3.8, 4) is 0 Å². The first-order valence-corrected chi connectivity index (χ1v) is 12.2. The van der Waals surface area contributed by atoms with Gasteiger partial charge < -0.3 is 9.64 Å². The van der Waals surface area contributed by atoms with Crippen LogP contribution in [0.4, 0.5) is 10.5 Å². The van der Waals surface area contributed by atoms with E-state index in [1.807, 2.05) is 62.4 Å². The zero-order chi connectivity index (χ0) is 26.2. The number of hydrogen-bond acceptors (Lipinski definition) is 6. The third kappa shape index (κ3) is 6.00. The first-order chi connectivity index (χ1) is 18.0. The van der Waals surface area contributed by atoms with Crippen molar-refractivity contribution in [2.45, 2.75) is 26.6 Å². The predicted octanol–water partition coefficient (Wildman–Crippen LogP) is 3.39. The number of anilines is 1. The summed E-state index contributed by atoms with van der Waals surface area (Å²) >= 11 is 0. The van der Waals surface area contributed by atoms with Gasteiger partial charge >= 0.3 is 6.09 Å². The summed E-state index contributed by atoms with van der Waals surface area (Å²) < 4.78 is 5.35. The fourth-order valence-electron chi connectivity index (χ4n) is 4.08. The highest BCUT2D eigenvalue weighted by Gasteiger charge is 2.35. The van der Waals surface area contributed by atoms with E-state index in [0.29, 0.717) is 35.7 Å². The Morgan fingerprint density at radius 3 is 2.38 bits per heavy atom. The molecule has 1 aromatic heterocycles. The van der Waals surface area contributed by atoms with E-state index in [0.717, 1.165) is 5.56 Å². The maximum Gasteiger partial charge on any atom is 0.409 e. The van der Waals surface area contributed by atoms with Crippen LogP contribution in [0.1, 0.15) is 30.7 Å². The van der Waals surface area contributed by atoms with Gasteiger partial charge in [0.05, 0.1) is 17.1 Å². The smallest absolute Gasteiger partial charge is 0.409 e. The lowest BCUT2D eigenvalue weighted by Crippen LogP contribution is -2.50. The van der Waals surface area contributed by atoms with E-state index >= 15 is 0 Å². The number of carbonyl (C=O) groups excluding carboxylic acids is 3. The molecular weight excluding hydrogens is 470 g/mol. The molecule has 0 saturated heterocycles. The lowest BCUT2D eigenvalue weighted by Gasteiger charge is -2.27. The van der Waals surface area contributed by atoms with Crippen molar-refractivity contribution in [3.05, 3.63) is 95.8 Å². The topological polar surface area (TPSA) is 104 Å². The fourth-order valence-corrected chi connectivity index (χ4v) is 4.08. The van der Waals surface area contributed by atoms with Crippen LogP contribution >= 0.6 is 0 Å². The Kier molecular flexibility index (Phi) is 8.25. The molecule has 1 aliphatic heterocycles. The number of ether oxygens (including phenoxy) is 1. The van der Waals surface area contributed by atoms with Gasteiger partial charge in [-0.2, -0.15) is 0 Å². The SMILES string of the molecule is CCN(CC)C(=O)CN1C(=O)C(NC(=O)OCc2ccccc2)N=C(c2ccccn2)c2ccccc21. The van der Waals surface area contributed by atoms with Crippen molar-refractivity contribution >= 4 is 29.3 Å². The summed E-state index contributed by atoms with van der Waals surface area (Å²) in [5, 5.41) is 2.58. The van der Waals surface area contributed by atoms with E-state index in [1.165, 1.54) is 4.90 Å². The standard InChI is InChI=1S/C28H29N5O4/c1-3-32(4-2)24(34)18-33-23-16-9-8-14-21(23)25(22-15-10-11-17-29-22)30-26(27(33)35)31-28(36)37-19-20-12-6-5-7-13-20/h5-17,26H,3-4,18-19H2,1-2H3,(H,31,36). The van der Waals surface area contributed by atoms with Gasteiger partial charge in [-0.1, -0.05) is 54.6 Å². The molecule has 0 radical (unpaired) electrons. The molecule has 37 heavy (non-hydrogen) atoms. The number of carbonyl (C=O) groups is 3. The van der Waals surface area contributed by atoms with Gasteiger partial charge in [-0.15, -0.1) is 0 Å². The first kappa shape index (κ1) is 25.6. The second kappa shape index (κ2) is 11.9. The molecule has 0 spiro atoms. The van der Waals surface area contributed by atoms with E-state index < -0.39 is 18.2 Å². The Morgan fingerprint density at radius 1 is 0.973 bits per heavy atom. The largest absolute Gasteiger partial charge is 0.445 e. The first-order valence-electron chi connectivity index (χ1n) is 12.2. The Labute approximate surface area is 215 Å². The van der Waals surface area contributed by atoms with Crippen molar-refractivity contribution in [2.24, 2.45) is 4.99 Å². The molecule has 0 aliphatic carbocycles. The average molecular weight is 500 g/mol. The molecule has 190 valence electrons.